The molecule has 0 saturated carbocycles. The van der Waals surface area contributed by atoms with Gasteiger partial charge in [0.2, 0.25) is 11.8 Å². The second kappa shape index (κ2) is 11.9. The van der Waals surface area contributed by atoms with Crippen LogP contribution >= 0.6 is 23.4 Å². The topological polar surface area (TPSA) is 49.4 Å². The Labute approximate surface area is 183 Å². The van der Waals surface area contributed by atoms with Crippen LogP contribution in [0.5, 0.6) is 0 Å². The summed E-state index contributed by atoms with van der Waals surface area (Å²) in [6.45, 7) is 6.84. The van der Waals surface area contributed by atoms with Crippen LogP contribution in [0.25, 0.3) is 0 Å². The highest BCUT2D eigenvalue weighted by Crippen LogP contribution is 2.21. The van der Waals surface area contributed by atoms with Crippen LogP contribution < -0.4 is 5.32 Å². The molecule has 0 unspecified atom stereocenters. The summed E-state index contributed by atoms with van der Waals surface area (Å²) in [6, 6.07) is 15.2. The van der Waals surface area contributed by atoms with E-state index in [0.29, 0.717) is 29.6 Å². The number of carbonyl (C=O) groups is 2. The van der Waals surface area contributed by atoms with Crippen molar-refractivity contribution in [3.05, 3.63) is 70.2 Å². The number of halogens is 1. The average Bonchev–Trinajstić information content (AvgIpc) is 2.72. The largest absolute Gasteiger partial charge is 0.354 e. The average molecular weight is 433 g/mol. The van der Waals surface area contributed by atoms with Crippen LogP contribution in [0.2, 0.25) is 5.02 Å². The first-order chi connectivity index (χ1) is 13.9. The number of rotatable bonds is 10. The Bertz CT molecular complexity index is 811. The molecule has 156 valence electrons. The number of benzene rings is 2. The molecule has 2 aromatic carbocycles. The quantitative estimate of drug-likeness (QED) is 0.585. The molecule has 2 aromatic rings. The third-order valence-corrected chi connectivity index (χ3v) is 5.97. The molecule has 6 heteroatoms. The zero-order chi connectivity index (χ0) is 21.2. The summed E-state index contributed by atoms with van der Waals surface area (Å²) < 4.78 is 0. The third kappa shape index (κ3) is 7.41. The molecule has 2 rings (SSSR count). The Kier molecular flexibility index (Phi) is 9.55. The van der Waals surface area contributed by atoms with Gasteiger partial charge in [-0.25, -0.2) is 0 Å². The van der Waals surface area contributed by atoms with Gasteiger partial charge in [-0.2, -0.15) is 0 Å². The molecule has 0 aromatic heterocycles. The fraction of sp³-hybridized carbons (Fsp3) is 0.391. The van der Waals surface area contributed by atoms with Crippen LogP contribution in [0.1, 0.15) is 37.0 Å². The smallest absolute Gasteiger partial charge is 0.242 e. The first kappa shape index (κ1) is 23.3. The van der Waals surface area contributed by atoms with Gasteiger partial charge < -0.3 is 10.2 Å². The van der Waals surface area contributed by atoms with Crippen molar-refractivity contribution in [2.45, 2.75) is 45.5 Å². The highest BCUT2D eigenvalue weighted by atomic mass is 35.5. The molecule has 0 aliphatic rings. The molecular formula is C23H29ClN2O2S. The van der Waals surface area contributed by atoms with Crippen molar-refractivity contribution in [2.75, 3.05) is 12.3 Å². The molecule has 29 heavy (non-hydrogen) atoms. The molecule has 1 atom stereocenters. The third-order valence-electron chi connectivity index (χ3n) is 4.63. The lowest BCUT2D eigenvalue weighted by Gasteiger charge is -2.29. The van der Waals surface area contributed by atoms with Crippen LogP contribution in [0.15, 0.2) is 48.5 Å². The maximum absolute atomic E-state index is 13.0. The summed E-state index contributed by atoms with van der Waals surface area (Å²) in [6.07, 6.45) is 0.859. The number of hydrogen-bond donors (Lipinski definition) is 1. The number of thioether (sulfide) groups is 1. The van der Waals surface area contributed by atoms with E-state index in [-0.39, 0.29) is 11.8 Å². The van der Waals surface area contributed by atoms with Gasteiger partial charge in [-0.15, -0.1) is 11.8 Å². The first-order valence-electron chi connectivity index (χ1n) is 9.86. The summed E-state index contributed by atoms with van der Waals surface area (Å²) in [5.41, 5.74) is 3.18. The zero-order valence-electron chi connectivity index (χ0n) is 17.3. The van der Waals surface area contributed by atoms with E-state index in [1.807, 2.05) is 62.4 Å². The van der Waals surface area contributed by atoms with Gasteiger partial charge in [-0.3, -0.25) is 9.59 Å². The van der Waals surface area contributed by atoms with Crippen LogP contribution in [-0.2, 0) is 21.9 Å². The minimum Gasteiger partial charge on any atom is -0.354 e. The Morgan fingerprint density at radius 3 is 2.48 bits per heavy atom. The van der Waals surface area contributed by atoms with Gasteiger partial charge in [0.25, 0.3) is 0 Å². The van der Waals surface area contributed by atoms with Crippen molar-refractivity contribution in [1.82, 2.24) is 10.2 Å². The van der Waals surface area contributed by atoms with Crippen molar-refractivity contribution < 1.29 is 9.59 Å². The molecule has 0 saturated heterocycles. The number of nitrogens with one attached hydrogen (secondary N) is 1. The SMILES string of the molecule is CCCNC(=O)[C@@H](C)N(Cc1ccc(C)cc1)C(=O)CSCc1ccccc1Cl. The molecule has 1 N–H and O–H groups in total. The van der Waals surface area contributed by atoms with Crippen LogP contribution in [0.4, 0.5) is 0 Å². The summed E-state index contributed by atoms with van der Waals surface area (Å²) in [7, 11) is 0. The molecular weight excluding hydrogens is 404 g/mol. The fourth-order valence-electron chi connectivity index (χ4n) is 2.82. The standard InChI is InChI=1S/C23H29ClN2O2S/c1-4-13-25-23(28)18(3)26(14-19-11-9-17(2)10-12-19)22(27)16-29-15-20-7-5-6-8-21(20)24/h5-12,18H,4,13-16H2,1-3H3,(H,25,28)/t18-/m1/s1. The number of carbonyl (C=O) groups excluding carboxylic acids is 2. The van der Waals surface area contributed by atoms with E-state index in [2.05, 4.69) is 5.32 Å². The molecule has 2 amide bonds. The van der Waals surface area contributed by atoms with E-state index in [0.717, 1.165) is 23.1 Å². The van der Waals surface area contributed by atoms with Gasteiger partial charge in [0.1, 0.15) is 6.04 Å². The molecule has 4 nitrogen and oxygen atoms in total. The van der Waals surface area contributed by atoms with Gasteiger partial charge in [0.05, 0.1) is 5.75 Å². The summed E-state index contributed by atoms with van der Waals surface area (Å²) in [5, 5.41) is 3.60. The Morgan fingerprint density at radius 1 is 1.14 bits per heavy atom. The minimum atomic E-state index is -0.531. The minimum absolute atomic E-state index is 0.0539. The normalized spacial score (nSPS) is 11.7. The van der Waals surface area contributed by atoms with Gasteiger partial charge in [-0.1, -0.05) is 66.6 Å². The second-order valence-corrected chi connectivity index (χ2v) is 8.45. The van der Waals surface area contributed by atoms with E-state index in [4.69, 9.17) is 11.6 Å². The number of aryl methyl sites for hydroxylation is 1. The molecule has 0 aliphatic heterocycles. The van der Waals surface area contributed by atoms with E-state index in [9.17, 15) is 9.59 Å². The van der Waals surface area contributed by atoms with Gasteiger partial charge >= 0.3 is 0 Å². The predicted octanol–water partition coefficient (Wildman–Crippen LogP) is 4.83. The maximum Gasteiger partial charge on any atom is 0.242 e. The monoisotopic (exact) mass is 432 g/mol. The Hall–Kier alpha value is -1.98. The molecule has 0 spiro atoms. The highest BCUT2D eigenvalue weighted by Gasteiger charge is 2.25. The first-order valence-corrected chi connectivity index (χ1v) is 11.4. The predicted molar refractivity (Wildman–Crippen MR) is 122 cm³/mol. The summed E-state index contributed by atoms with van der Waals surface area (Å²) in [5.74, 6) is 0.771. The van der Waals surface area contributed by atoms with Gasteiger partial charge in [-0.05, 0) is 37.5 Å². The molecule has 0 fully saturated rings. The van der Waals surface area contributed by atoms with Crippen molar-refractivity contribution in [3.63, 3.8) is 0 Å². The lowest BCUT2D eigenvalue weighted by Crippen LogP contribution is -2.48. The van der Waals surface area contributed by atoms with Crippen LogP contribution in [0, 0.1) is 6.92 Å². The molecule has 0 aliphatic carbocycles. The Balaban J connectivity index is 2.05. The van der Waals surface area contributed by atoms with Gasteiger partial charge in [0.15, 0.2) is 0 Å². The lowest BCUT2D eigenvalue weighted by molar-refractivity contribution is -0.138. The molecule has 0 heterocycles. The second-order valence-electron chi connectivity index (χ2n) is 7.06. The van der Waals surface area contributed by atoms with Crippen LogP contribution in [-0.4, -0.2) is 35.1 Å². The molecule has 0 bridgehead atoms. The van der Waals surface area contributed by atoms with Gasteiger partial charge in [0, 0.05) is 23.9 Å². The van der Waals surface area contributed by atoms with E-state index >= 15 is 0 Å². The fourth-order valence-corrected chi connectivity index (χ4v) is 4.01. The number of amides is 2. The van der Waals surface area contributed by atoms with Crippen molar-refractivity contribution in [1.29, 1.82) is 0 Å². The highest BCUT2D eigenvalue weighted by molar-refractivity contribution is 7.99. The summed E-state index contributed by atoms with van der Waals surface area (Å²) in [4.78, 5) is 27.2. The summed E-state index contributed by atoms with van der Waals surface area (Å²) >= 11 is 7.71. The maximum atomic E-state index is 13.0. The van der Waals surface area contributed by atoms with E-state index in [1.54, 1.807) is 11.8 Å². The van der Waals surface area contributed by atoms with Crippen molar-refractivity contribution in [2.24, 2.45) is 0 Å². The lowest BCUT2D eigenvalue weighted by atomic mass is 10.1. The molecule has 0 radical (unpaired) electrons. The number of nitrogens with zero attached hydrogens (tertiary/aromatic N) is 1. The van der Waals surface area contributed by atoms with Crippen molar-refractivity contribution in [3.8, 4) is 0 Å². The number of hydrogen-bond acceptors (Lipinski definition) is 3. The van der Waals surface area contributed by atoms with Crippen molar-refractivity contribution >= 4 is 35.2 Å². The van der Waals surface area contributed by atoms with Crippen LogP contribution in [0.3, 0.4) is 0 Å². The Morgan fingerprint density at radius 2 is 1.83 bits per heavy atom. The van der Waals surface area contributed by atoms with E-state index < -0.39 is 6.04 Å². The van der Waals surface area contributed by atoms with E-state index in [1.165, 1.54) is 11.8 Å². The zero-order valence-corrected chi connectivity index (χ0v) is 18.9.